The van der Waals surface area contributed by atoms with Gasteiger partial charge in [-0.05, 0) is 30.3 Å². The van der Waals surface area contributed by atoms with E-state index in [2.05, 4.69) is 10.1 Å². The summed E-state index contributed by atoms with van der Waals surface area (Å²) >= 11 is 6.96. The summed E-state index contributed by atoms with van der Waals surface area (Å²) in [4.78, 5) is 4.36. The molecule has 0 radical (unpaired) electrons. The Hall–Kier alpha value is -3.04. The van der Waals surface area contributed by atoms with E-state index in [1.807, 2.05) is 0 Å². The first-order chi connectivity index (χ1) is 14.8. The SMILES string of the molecule is COc1ccc(-c2cc(C(F)(F)F)n(-c3nc(-c4ccc(Cl)cc4)cs3)n2)c(OC)c1. The van der Waals surface area contributed by atoms with Crippen LogP contribution >= 0.6 is 22.9 Å². The van der Waals surface area contributed by atoms with Crippen LogP contribution < -0.4 is 9.47 Å². The molecule has 2 heterocycles. The molecule has 0 atom stereocenters. The fraction of sp³-hybridized carbons (Fsp3) is 0.143. The van der Waals surface area contributed by atoms with Gasteiger partial charge >= 0.3 is 6.18 Å². The number of hydrogen-bond donors (Lipinski definition) is 0. The number of halogens is 4. The second-order valence-corrected chi connectivity index (χ2v) is 7.69. The van der Waals surface area contributed by atoms with E-state index in [1.54, 1.807) is 47.8 Å². The van der Waals surface area contributed by atoms with Crippen molar-refractivity contribution >= 4 is 22.9 Å². The maximum Gasteiger partial charge on any atom is 0.433 e. The Morgan fingerprint density at radius 3 is 2.35 bits per heavy atom. The van der Waals surface area contributed by atoms with Gasteiger partial charge in [0, 0.05) is 27.6 Å². The van der Waals surface area contributed by atoms with Crippen LogP contribution in [0.5, 0.6) is 11.5 Å². The summed E-state index contributed by atoms with van der Waals surface area (Å²) < 4.78 is 52.6. The van der Waals surface area contributed by atoms with Gasteiger partial charge in [0.2, 0.25) is 5.13 Å². The monoisotopic (exact) mass is 465 g/mol. The molecule has 10 heteroatoms. The van der Waals surface area contributed by atoms with Crippen molar-refractivity contribution in [2.75, 3.05) is 14.2 Å². The summed E-state index contributed by atoms with van der Waals surface area (Å²) in [6.45, 7) is 0. The zero-order valence-corrected chi connectivity index (χ0v) is 17.8. The quantitative estimate of drug-likeness (QED) is 0.344. The lowest BCUT2D eigenvalue weighted by atomic mass is 10.1. The van der Waals surface area contributed by atoms with Crippen LogP contribution in [-0.2, 0) is 6.18 Å². The normalized spacial score (nSPS) is 11.5. The van der Waals surface area contributed by atoms with Crippen LogP contribution in [-0.4, -0.2) is 29.0 Å². The Kier molecular flexibility index (Phi) is 5.63. The maximum absolute atomic E-state index is 13.8. The summed E-state index contributed by atoms with van der Waals surface area (Å²) in [7, 11) is 2.92. The Bertz CT molecular complexity index is 1220. The van der Waals surface area contributed by atoms with Gasteiger partial charge in [0.05, 0.1) is 25.6 Å². The largest absolute Gasteiger partial charge is 0.497 e. The van der Waals surface area contributed by atoms with Crippen molar-refractivity contribution in [3.05, 3.63) is 64.6 Å². The number of benzene rings is 2. The minimum absolute atomic E-state index is 0.0935. The zero-order chi connectivity index (χ0) is 22.2. The van der Waals surface area contributed by atoms with Gasteiger partial charge in [0.15, 0.2) is 5.69 Å². The summed E-state index contributed by atoms with van der Waals surface area (Å²) in [5.41, 5.74) is 0.850. The first kappa shape index (κ1) is 21.2. The van der Waals surface area contributed by atoms with Crippen LogP contribution in [0.25, 0.3) is 27.6 Å². The van der Waals surface area contributed by atoms with Crippen molar-refractivity contribution in [3.63, 3.8) is 0 Å². The molecule has 0 aliphatic heterocycles. The van der Waals surface area contributed by atoms with E-state index in [0.29, 0.717) is 27.8 Å². The summed E-state index contributed by atoms with van der Waals surface area (Å²) in [5, 5.41) is 6.53. The number of nitrogens with zero attached hydrogens (tertiary/aromatic N) is 3. The lowest BCUT2D eigenvalue weighted by molar-refractivity contribution is -0.142. The van der Waals surface area contributed by atoms with Gasteiger partial charge in [-0.1, -0.05) is 23.7 Å². The average Bonchev–Trinajstić information content (AvgIpc) is 3.41. The minimum atomic E-state index is -4.63. The lowest BCUT2D eigenvalue weighted by Crippen LogP contribution is -2.13. The van der Waals surface area contributed by atoms with E-state index >= 15 is 0 Å². The zero-order valence-electron chi connectivity index (χ0n) is 16.3. The highest BCUT2D eigenvalue weighted by atomic mass is 35.5. The highest BCUT2D eigenvalue weighted by molar-refractivity contribution is 7.12. The molecule has 0 saturated carbocycles. The van der Waals surface area contributed by atoms with Crippen LogP contribution in [0.1, 0.15) is 5.69 Å². The topological polar surface area (TPSA) is 49.2 Å². The van der Waals surface area contributed by atoms with Crippen LogP contribution in [0, 0.1) is 0 Å². The number of rotatable bonds is 5. The van der Waals surface area contributed by atoms with Gasteiger partial charge < -0.3 is 9.47 Å². The molecule has 0 fully saturated rings. The van der Waals surface area contributed by atoms with Crippen molar-refractivity contribution in [2.45, 2.75) is 6.18 Å². The number of alkyl halides is 3. The molecule has 2 aromatic heterocycles. The Balaban J connectivity index is 1.81. The molecule has 2 aromatic carbocycles. The molecule has 160 valence electrons. The molecule has 31 heavy (non-hydrogen) atoms. The first-order valence-electron chi connectivity index (χ1n) is 8.91. The molecule has 5 nitrogen and oxygen atoms in total. The molecule has 0 unspecified atom stereocenters. The van der Waals surface area contributed by atoms with Crippen molar-refractivity contribution in [3.8, 4) is 39.1 Å². The molecule has 4 aromatic rings. The molecule has 0 bridgehead atoms. The van der Waals surface area contributed by atoms with Crippen molar-refractivity contribution in [1.29, 1.82) is 0 Å². The van der Waals surface area contributed by atoms with Gasteiger partial charge in [-0.25, -0.2) is 9.67 Å². The predicted molar refractivity (Wildman–Crippen MR) is 113 cm³/mol. The van der Waals surface area contributed by atoms with E-state index < -0.39 is 11.9 Å². The number of ether oxygens (including phenoxy) is 2. The summed E-state index contributed by atoms with van der Waals surface area (Å²) in [6.07, 6.45) is -4.63. The van der Waals surface area contributed by atoms with E-state index in [9.17, 15) is 13.2 Å². The third-order valence-corrected chi connectivity index (χ3v) is 5.57. The van der Waals surface area contributed by atoms with Gasteiger partial charge in [-0.2, -0.15) is 18.3 Å². The van der Waals surface area contributed by atoms with Crippen molar-refractivity contribution in [2.24, 2.45) is 0 Å². The van der Waals surface area contributed by atoms with E-state index in [0.717, 1.165) is 27.6 Å². The van der Waals surface area contributed by atoms with E-state index in [-0.39, 0.29) is 10.8 Å². The highest BCUT2D eigenvalue weighted by Crippen LogP contribution is 2.38. The molecule has 4 rings (SSSR count). The third-order valence-electron chi connectivity index (χ3n) is 4.50. The second kappa shape index (κ2) is 8.24. The average molecular weight is 466 g/mol. The summed E-state index contributed by atoms with van der Waals surface area (Å²) in [6, 6.07) is 12.7. The molecule has 0 aliphatic rings. The molecular formula is C21H15ClF3N3O2S. The van der Waals surface area contributed by atoms with E-state index in [4.69, 9.17) is 21.1 Å². The smallest absolute Gasteiger partial charge is 0.433 e. The second-order valence-electron chi connectivity index (χ2n) is 6.41. The minimum Gasteiger partial charge on any atom is -0.497 e. The van der Waals surface area contributed by atoms with Gasteiger partial charge in [0.25, 0.3) is 0 Å². The van der Waals surface area contributed by atoms with Crippen LogP contribution in [0.4, 0.5) is 13.2 Å². The number of methoxy groups -OCH3 is 2. The predicted octanol–water partition coefficient (Wildman–Crippen LogP) is 6.35. The Morgan fingerprint density at radius 1 is 0.968 bits per heavy atom. The number of hydrogen-bond acceptors (Lipinski definition) is 5. The molecule has 0 saturated heterocycles. The standard InChI is InChI=1S/C21H15ClF3N3O2S/c1-29-14-7-8-15(18(9-14)30-2)16-10-19(21(23,24)25)28(27-16)20-26-17(11-31-20)12-3-5-13(22)6-4-12/h3-11H,1-2H3. The molecular weight excluding hydrogens is 451 g/mol. The van der Waals surface area contributed by atoms with Crippen LogP contribution in [0.2, 0.25) is 5.02 Å². The van der Waals surface area contributed by atoms with Gasteiger partial charge in [-0.3, -0.25) is 0 Å². The number of aromatic nitrogens is 3. The number of thiazole rings is 1. The fourth-order valence-corrected chi connectivity index (χ4v) is 3.91. The highest BCUT2D eigenvalue weighted by Gasteiger charge is 2.37. The first-order valence-corrected chi connectivity index (χ1v) is 10.2. The fourth-order valence-electron chi connectivity index (χ4n) is 2.99. The van der Waals surface area contributed by atoms with Crippen LogP contribution in [0.15, 0.2) is 53.9 Å². The van der Waals surface area contributed by atoms with E-state index in [1.165, 1.54) is 14.2 Å². The van der Waals surface area contributed by atoms with Gasteiger partial charge in [-0.15, -0.1) is 11.3 Å². The van der Waals surface area contributed by atoms with Crippen molar-refractivity contribution < 1.29 is 22.6 Å². The Labute approximate surface area is 184 Å². The van der Waals surface area contributed by atoms with Crippen LogP contribution in [0.3, 0.4) is 0 Å². The maximum atomic E-state index is 13.8. The van der Waals surface area contributed by atoms with Crippen molar-refractivity contribution in [1.82, 2.24) is 14.8 Å². The molecule has 0 spiro atoms. The molecule has 0 aliphatic carbocycles. The lowest BCUT2D eigenvalue weighted by Gasteiger charge is -2.08. The Morgan fingerprint density at radius 2 is 1.71 bits per heavy atom. The van der Waals surface area contributed by atoms with Gasteiger partial charge in [0.1, 0.15) is 11.5 Å². The molecule has 0 amide bonds. The summed E-state index contributed by atoms with van der Waals surface area (Å²) in [5.74, 6) is 0.863. The third kappa shape index (κ3) is 4.24. The molecule has 0 N–H and O–H groups in total.